The molecule has 1 rings (SSSR count). The SMILES string of the molecule is CC(N(C)c1cc(Cl)nc(N)n1)C(C)(C)C. The van der Waals surface area contributed by atoms with Crippen LogP contribution >= 0.6 is 11.6 Å². The molecule has 16 heavy (non-hydrogen) atoms. The topological polar surface area (TPSA) is 55.0 Å². The highest BCUT2D eigenvalue weighted by Gasteiger charge is 2.25. The van der Waals surface area contributed by atoms with Gasteiger partial charge in [-0.25, -0.2) is 4.98 Å². The van der Waals surface area contributed by atoms with E-state index < -0.39 is 0 Å². The summed E-state index contributed by atoms with van der Waals surface area (Å²) in [5, 5.41) is 0.371. The fraction of sp³-hybridized carbons (Fsp3) is 0.636. The van der Waals surface area contributed by atoms with Crippen LogP contribution in [-0.4, -0.2) is 23.1 Å². The summed E-state index contributed by atoms with van der Waals surface area (Å²) < 4.78 is 0. The largest absolute Gasteiger partial charge is 0.368 e. The summed E-state index contributed by atoms with van der Waals surface area (Å²) in [7, 11) is 1.98. The predicted octanol–water partition coefficient (Wildman–Crippen LogP) is 2.58. The predicted molar refractivity (Wildman–Crippen MR) is 68.8 cm³/mol. The van der Waals surface area contributed by atoms with Crippen molar-refractivity contribution in [2.75, 3.05) is 17.7 Å². The molecule has 2 N–H and O–H groups in total. The lowest BCUT2D eigenvalue weighted by Gasteiger charge is -2.36. The Kier molecular flexibility index (Phi) is 3.63. The van der Waals surface area contributed by atoms with Crippen molar-refractivity contribution in [2.24, 2.45) is 5.41 Å². The van der Waals surface area contributed by atoms with E-state index in [2.05, 4.69) is 42.6 Å². The van der Waals surface area contributed by atoms with Crippen LogP contribution in [0.15, 0.2) is 6.07 Å². The molecular weight excluding hydrogens is 224 g/mol. The standard InChI is InChI=1S/C11H19ClN4/c1-7(11(2,3)4)16(5)9-6-8(12)14-10(13)15-9/h6-7H,1-5H3,(H2,13,14,15). The van der Waals surface area contributed by atoms with E-state index in [9.17, 15) is 0 Å². The Morgan fingerprint density at radius 2 is 1.94 bits per heavy atom. The van der Waals surface area contributed by atoms with Gasteiger partial charge in [0.25, 0.3) is 0 Å². The van der Waals surface area contributed by atoms with Gasteiger partial charge in [0.2, 0.25) is 5.95 Å². The summed E-state index contributed by atoms with van der Waals surface area (Å²) in [6, 6.07) is 2.04. The van der Waals surface area contributed by atoms with Crippen molar-refractivity contribution >= 4 is 23.4 Å². The zero-order valence-electron chi connectivity index (χ0n) is 10.5. The van der Waals surface area contributed by atoms with Crippen LogP contribution in [0.3, 0.4) is 0 Å². The van der Waals surface area contributed by atoms with Crippen LogP contribution in [0.4, 0.5) is 11.8 Å². The molecule has 0 aliphatic carbocycles. The monoisotopic (exact) mass is 242 g/mol. The van der Waals surface area contributed by atoms with Gasteiger partial charge in [-0.2, -0.15) is 4.98 Å². The summed E-state index contributed by atoms with van der Waals surface area (Å²) in [6.07, 6.45) is 0. The summed E-state index contributed by atoms with van der Waals surface area (Å²) in [5.41, 5.74) is 5.73. The normalized spacial score (nSPS) is 13.6. The van der Waals surface area contributed by atoms with Crippen LogP contribution in [0.1, 0.15) is 27.7 Å². The summed E-state index contributed by atoms with van der Waals surface area (Å²) in [5.74, 6) is 0.954. The highest BCUT2D eigenvalue weighted by atomic mass is 35.5. The molecule has 0 bridgehead atoms. The van der Waals surface area contributed by atoms with Crippen molar-refractivity contribution in [3.63, 3.8) is 0 Å². The molecule has 5 heteroatoms. The molecule has 0 radical (unpaired) electrons. The first-order chi connectivity index (χ1) is 7.21. The lowest BCUT2D eigenvalue weighted by Crippen LogP contribution is -2.39. The molecule has 1 aromatic heterocycles. The van der Waals surface area contributed by atoms with Gasteiger partial charge < -0.3 is 10.6 Å². The van der Waals surface area contributed by atoms with E-state index in [1.54, 1.807) is 6.07 Å². The molecule has 0 amide bonds. The minimum atomic E-state index is 0.154. The maximum Gasteiger partial charge on any atom is 0.223 e. The van der Waals surface area contributed by atoms with Crippen molar-refractivity contribution < 1.29 is 0 Å². The third kappa shape index (κ3) is 2.98. The third-order valence-electron chi connectivity index (χ3n) is 2.89. The zero-order valence-corrected chi connectivity index (χ0v) is 11.2. The molecule has 0 fully saturated rings. The summed E-state index contributed by atoms with van der Waals surface area (Å²) >= 11 is 5.86. The lowest BCUT2D eigenvalue weighted by atomic mass is 9.87. The molecule has 0 spiro atoms. The van der Waals surface area contributed by atoms with Gasteiger partial charge in [0.15, 0.2) is 0 Å². The molecule has 0 saturated heterocycles. The number of nitrogens with two attached hydrogens (primary N) is 1. The van der Waals surface area contributed by atoms with Gasteiger partial charge in [-0.3, -0.25) is 0 Å². The number of hydrogen-bond acceptors (Lipinski definition) is 4. The van der Waals surface area contributed by atoms with Crippen molar-refractivity contribution in [2.45, 2.75) is 33.7 Å². The van der Waals surface area contributed by atoms with Gasteiger partial charge in [0, 0.05) is 19.2 Å². The van der Waals surface area contributed by atoms with Crippen LogP contribution in [0, 0.1) is 5.41 Å². The Morgan fingerprint density at radius 3 is 2.38 bits per heavy atom. The van der Waals surface area contributed by atoms with Crippen molar-refractivity contribution in [1.82, 2.24) is 9.97 Å². The van der Waals surface area contributed by atoms with Gasteiger partial charge in [-0.15, -0.1) is 0 Å². The molecule has 90 valence electrons. The third-order valence-corrected chi connectivity index (χ3v) is 3.09. The second kappa shape index (κ2) is 4.45. The quantitative estimate of drug-likeness (QED) is 0.810. The molecule has 1 atom stereocenters. The van der Waals surface area contributed by atoms with E-state index in [0.29, 0.717) is 11.2 Å². The fourth-order valence-electron chi connectivity index (χ4n) is 1.38. The first-order valence-corrected chi connectivity index (χ1v) is 5.62. The molecule has 0 aliphatic rings. The molecule has 1 heterocycles. The maximum atomic E-state index is 5.86. The van der Waals surface area contributed by atoms with Crippen LogP contribution in [0.5, 0.6) is 0 Å². The van der Waals surface area contributed by atoms with Crippen LogP contribution < -0.4 is 10.6 Å². The minimum Gasteiger partial charge on any atom is -0.368 e. The molecule has 1 unspecified atom stereocenters. The number of aromatic nitrogens is 2. The van der Waals surface area contributed by atoms with Crippen LogP contribution in [0.2, 0.25) is 5.15 Å². The second-order valence-electron chi connectivity index (χ2n) is 5.06. The Labute approximate surface area is 102 Å². The minimum absolute atomic E-state index is 0.154. The first kappa shape index (κ1) is 13.0. The van der Waals surface area contributed by atoms with Gasteiger partial charge in [0.05, 0.1) is 0 Å². The number of rotatable bonds is 2. The van der Waals surface area contributed by atoms with Gasteiger partial charge in [-0.05, 0) is 12.3 Å². The second-order valence-corrected chi connectivity index (χ2v) is 5.45. The van der Waals surface area contributed by atoms with Crippen LogP contribution in [-0.2, 0) is 0 Å². The van der Waals surface area contributed by atoms with E-state index in [0.717, 1.165) is 5.82 Å². The van der Waals surface area contributed by atoms with Crippen molar-refractivity contribution in [1.29, 1.82) is 0 Å². The Balaban J connectivity index is 3.00. The molecule has 0 saturated carbocycles. The number of halogens is 1. The molecule has 0 aliphatic heterocycles. The maximum absolute atomic E-state index is 5.86. The number of anilines is 2. The Morgan fingerprint density at radius 1 is 1.38 bits per heavy atom. The highest BCUT2D eigenvalue weighted by Crippen LogP contribution is 2.27. The van der Waals surface area contributed by atoms with E-state index in [-0.39, 0.29) is 11.4 Å². The van der Waals surface area contributed by atoms with Gasteiger partial charge >= 0.3 is 0 Å². The van der Waals surface area contributed by atoms with Crippen LogP contribution in [0.25, 0.3) is 0 Å². The lowest BCUT2D eigenvalue weighted by molar-refractivity contribution is 0.328. The zero-order chi connectivity index (χ0) is 12.5. The van der Waals surface area contributed by atoms with Crippen molar-refractivity contribution in [3.05, 3.63) is 11.2 Å². The summed E-state index contributed by atoms with van der Waals surface area (Å²) in [4.78, 5) is 10.1. The average Bonchev–Trinajstić information content (AvgIpc) is 2.12. The fourth-order valence-corrected chi connectivity index (χ4v) is 1.57. The highest BCUT2D eigenvalue weighted by molar-refractivity contribution is 6.29. The number of hydrogen-bond donors (Lipinski definition) is 1. The van der Waals surface area contributed by atoms with Gasteiger partial charge in [-0.1, -0.05) is 32.4 Å². The number of nitrogens with zero attached hydrogens (tertiary/aromatic N) is 3. The molecule has 0 aromatic carbocycles. The van der Waals surface area contributed by atoms with Crippen molar-refractivity contribution in [3.8, 4) is 0 Å². The van der Waals surface area contributed by atoms with E-state index in [4.69, 9.17) is 17.3 Å². The smallest absolute Gasteiger partial charge is 0.223 e. The van der Waals surface area contributed by atoms with Gasteiger partial charge in [0.1, 0.15) is 11.0 Å². The molecule has 4 nitrogen and oxygen atoms in total. The molecular formula is C11H19ClN4. The van der Waals surface area contributed by atoms with E-state index >= 15 is 0 Å². The number of nitrogen functional groups attached to an aromatic ring is 1. The van der Waals surface area contributed by atoms with E-state index in [1.807, 2.05) is 7.05 Å². The van der Waals surface area contributed by atoms with E-state index in [1.165, 1.54) is 0 Å². The Bertz CT molecular complexity index is 352. The average molecular weight is 243 g/mol. The summed E-state index contributed by atoms with van der Waals surface area (Å²) in [6.45, 7) is 8.69. The Hall–Kier alpha value is -1.03. The first-order valence-electron chi connectivity index (χ1n) is 5.24. The molecule has 1 aromatic rings.